The molecule has 1 aromatic rings. The highest BCUT2D eigenvalue weighted by atomic mass is 35.5. The zero-order chi connectivity index (χ0) is 15.8. The SMILES string of the molecule is COC(=O)[C@@H]1C[C@@H](Cl)CN1c1ncc(C(F)(F)F)cc1Cl. The molecule has 116 valence electrons. The van der Waals surface area contributed by atoms with Crippen LogP contribution in [0.2, 0.25) is 5.02 Å². The van der Waals surface area contributed by atoms with Crippen LogP contribution in [-0.2, 0) is 15.7 Å². The van der Waals surface area contributed by atoms with Crippen LogP contribution in [0.4, 0.5) is 19.0 Å². The van der Waals surface area contributed by atoms with Gasteiger partial charge in [0.25, 0.3) is 0 Å². The van der Waals surface area contributed by atoms with Crippen LogP contribution in [0.5, 0.6) is 0 Å². The first-order valence-electron chi connectivity index (χ1n) is 5.95. The van der Waals surface area contributed by atoms with Crippen LogP contribution >= 0.6 is 23.2 Å². The van der Waals surface area contributed by atoms with Gasteiger partial charge in [0, 0.05) is 12.7 Å². The zero-order valence-electron chi connectivity index (χ0n) is 10.8. The van der Waals surface area contributed by atoms with Crippen molar-refractivity contribution in [1.29, 1.82) is 0 Å². The van der Waals surface area contributed by atoms with Crippen LogP contribution in [-0.4, -0.2) is 36.0 Å². The molecule has 1 aliphatic rings. The lowest BCUT2D eigenvalue weighted by molar-refractivity contribution is -0.142. The Morgan fingerprint density at radius 3 is 2.71 bits per heavy atom. The molecule has 21 heavy (non-hydrogen) atoms. The molecule has 1 saturated heterocycles. The van der Waals surface area contributed by atoms with Crippen LogP contribution in [0, 0.1) is 0 Å². The van der Waals surface area contributed by atoms with E-state index in [0.717, 1.165) is 6.07 Å². The molecule has 0 saturated carbocycles. The first-order valence-corrected chi connectivity index (χ1v) is 6.76. The molecule has 2 atom stereocenters. The fourth-order valence-electron chi connectivity index (χ4n) is 2.18. The highest BCUT2D eigenvalue weighted by Crippen LogP contribution is 2.36. The van der Waals surface area contributed by atoms with Crippen molar-refractivity contribution in [2.45, 2.75) is 24.0 Å². The molecule has 1 aliphatic heterocycles. The second-order valence-corrected chi connectivity index (χ2v) is 5.58. The number of hydrogen-bond acceptors (Lipinski definition) is 4. The van der Waals surface area contributed by atoms with Gasteiger partial charge in [-0.15, -0.1) is 11.6 Å². The van der Waals surface area contributed by atoms with Gasteiger partial charge < -0.3 is 9.64 Å². The van der Waals surface area contributed by atoms with Crippen molar-refractivity contribution in [2.75, 3.05) is 18.6 Å². The highest BCUT2D eigenvalue weighted by molar-refractivity contribution is 6.33. The Hall–Kier alpha value is -1.21. The third-order valence-corrected chi connectivity index (χ3v) is 3.74. The second-order valence-electron chi connectivity index (χ2n) is 4.55. The van der Waals surface area contributed by atoms with Crippen molar-refractivity contribution in [3.63, 3.8) is 0 Å². The van der Waals surface area contributed by atoms with Crippen molar-refractivity contribution in [1.82, 2.24) is 4.98 Å². The molecule has 0 aliphatic carbocycles. The average molecular weight is 343 g/mol. The molecule has 9 heteroatoms. The van der Waals surface area contributed by atoms with E-state index in [0.29, 0.717) is 12.6 Å². The summed E-state index contributed by atoms with van der Waals surface area (Å²) in [5, 5.41) is -0.529. The van der Waals surface area contributed by atoms with E-state index >= 15 is 0 Å². The van der Waals surface area contributed by atoms with E-state index in [-0.39, 0.29) is 22.8 Å². The quantitative estimate of drug-likeness (QED) is 0.611. The summed E-state index contributed by atoms with van der Waals surface area (Å²) in [7, 11) is 1.23. The van der Waals surface area contributed by atoms with Crippen LogP contribution in [0.1, 0.15) is 12.0 Å². The lowest BCUT2D eigenvalue weighted by Gasteiger charge is -2.24. The summed E-state index contributed by atoms with van der Waals surface area (Å²) >= 11 is 11.9. The minimum absolute atomic E-state index is 0.0863. The summed E-state index contributed by atoms with van der Waals surface area (Å²) in [6.45, 7) is 0.249. The molecule has 0 radical (unpaired) electrons. The van der Waals surface area contributed by atoms with Gasteiger partial charge in [-0.1, -0.05) is 11.6 Å². The number of carbonyl (C=O) groups is 1. The molecule has 0 unspecified atom stereocenters. The topological polar surface area (TPSA) is 42.4 Å². The maximum absolute atomic E-state index is 12.6. The number of methoxy groups -OCH3 is 1. The smallest absolute Gasteiger partial charge is 0.417 e. The van der Waals surface area contributed by atoms with Crippen molar-refractivity contribution < 1.29 is 22.7 Å². The first kappa shape index (κ1) is 16.2. The van der Waals surface area contributed by atoms with E-state index in [4.69, 9.17) is 23.2 Å². The molecule has 0 N–H and O–H groups in total. The Labute approximate surface area is 128 Å². The Balaban J connectivity index is 2.34. The minimum atomic E-state index is -4.53. The number of pyridine rings is 1. The zero-order valence-corrected chi connectivity index (χ0v) is 12.3. The van der Waals surface area contributed by atoms with Crippen molar-refractivity contribution in [3.8, 4) is 0 Å². The van der Waals surface area contributed by atoms with Gasteiger partial charge in [-0.3, -0.25) is 0 Å². The van der Waals surface area contributed by atoms with Crippen molar-refractivity contribution >= 4 is 35.0 Å². The van der Waals surface area contributed by atoms with E-state index in [1.807, 2.05) is 0 Å². The molecule has 0 amide bonds. The molecule has 0 bridgehead atoms. The van der Waals surface area contributed by atoms with E-state index in [9.17, 15) is 18.0 Å². The average Bonchev–Trinajstić information content (AvgIpc) is 2.78. The molecule has 1 fully saturated rings. The first-order chi connectivity index (χ1) is 9.74. The van der Waals surface area contributed by atoms with Gasteiger partial charge in [0.15, 0.2) is 0 Å². The molecule has 2 heterocycles. The van der Waals surface area contributed by atoms with Gasteiger partial charge in [0.2, 0.25) is 0 Å². The third kappa shape index (κ3) is 3.35. The molecule has 4 nitrogen and oxygen atoms in total. The van der Waals surface area contributed by atoms with Crippen LogP contribution in [0.15, 0.2) is 12.3 Å². The number of esters is 1. The number of aromatic nitrogens is 1. The Kier molecular flexibility index (Phi) is 4.53. The van der Waals surface area contributed by atoms with E-state index in [1.54, 1.807) is 0 Å². The molecule has 2 rings (SSSR count). The maximum atomic E-state index is 12.6. The number of nitrogens with zero attached hydrogens (tertiary/aromatic N) is 2. The summed E-state index contributed by atoms with van der Waals surface area (Å²) < 4.78 is 42.4. The maximum Gasteiger partial charge on any atom is 0.417 e. The monoisotopic (exact) mass is 342 g/mol. The largest absolute Gasteiger partial charge is 0.467 e. The van der Waals surface area contributed by atoms with E-state index in [1.165, 1.54) is 12.0 Å². The summed E-state index contributed by atoms with van der Waals surface area (Å²) in [5.74, 6) is -0.445. The lowest BCUT2D eigenvalue weighted by atomic mass is 10.2. The van der Waals surface area contributed by atoms with Gasteiger partial charge in [-0.2, -0.15) is 13.2 Å². The summed E-state index contributed by atoms with van der Waals surface area (Å²) in [6, 6.07) is 0.0685. The van der Waals surface area contributed by atoms with Gasteiger partial charge in [0.1, 0.15) is 11.9 Å². The van der Waals surface area contributed by atoms with E-state index in [2.05, 4.69) is 9.72 Å². The summed E-state index contributed by atoms with van der Waals surface area (Å²) in [6.07, 6.45) is -3.54. The minimum Gasteiger partial charge on any atom is -0.467 e. The highest BCUT2D eigenvalue weighted by Gasteiger charge is 2.39. The third-order valence-electron chi connectivity index (χ3n) is 3.14. The fraction of sp³-hybridized carbons (Fsp3) is 0.500. The van der Waals surface area contributed by atoms with Crippen LogP contribution in [0.3, 0.4) is 0 Å². The molecular weight excluding hydrogens is 332 g/mol. The lowest BCUT2D eigenvalue weighted by Crippen LogP contribution is -2.37. The van der Waals surface area contributed by atoms with Gasteiger partial charge in [-0.05, 0) is 12.5 Å². The van der Waals surface area contributed by atoms with Crippen molar-refractivity contribution in [2.24, 2.45) is 0 Å². The number of hydrogen-bond donors (Lipinski definition) is 0. The Morgan fingerprint density at radius 2 is 2.19 bits per heavy atom. The predicted octanol–water partition coefficient (Wildman–Crippen LogP) is 3.11. The van der Waals surface area contributed by atoms with Gasteiger partial charge in [0.05, 0.1) is 23.1 Å². The molecular formula is C12H11Cl2F3N2O2. The summed E-state index contributed by atoms with van der Waals surface area (Å²) in [4.78, 5) is 16.9. The number of halogens is 5. The molecule has 0 aromatic carbocycles. The Bertz CT molecular complexity index is 554. The van der Waals surface area contributed by atoms with E-state index < -0.39 is 23.8 Å². The number of ether oxygens (including phenoxy) is 1. The number of carbonyl (C=O) groups excluding carboxylic acids is 1. The fourth-order valence-corrected chi connectivity index (χ4v) is 2.77. The predicted molar refractivity (Wildman–Crippen MR) is 71.7 cm³/mol. The van der Waals surface area contributed by atoms with Crippen LogP contribution in [0.25, 0.3) is 0 Å². The van der Waals surface area contributed by atoms with Gasteiger partial charge >= 0.3 is 12.1 Å². The number of rotatable bonds is 2. The summed E-state index contributed by atoms with van der Waals surface area (Å²) in [5.41, 5.74) is -0.951. The van der Waals surface area contributed by atoms with Crippen molar-refractivity contribution in [3.05, 3.63) is 22.8 Å². The number of anilines is 1. The molecule has 1 aromatic heterocycles. The van der Waals surface area contributed by atoms with Crippen LogP contribution < -0.4 is 4.90 Å². The normalized spacial score (nSPS) is 22.5. The standard InChI is InChI=1S/C12H11Cl2F3N2O2/c1-21-11(20)9-3-7(13)5-19(9)10-8(14)2-6(4-18-10)12(15,16)17/h2,4,7,9H,3,5H2,1H3/t7-,9+/m1/s1. The number of alkyl halides is 4. The molecule has 0 spiro atoms. The Morgan fingerprint density at radius 1 is 1.52 bits per heavy atom. The second kappa shape index (κ2) is 5.88. The van der Waals surface area contributed by atoms with Gasteiger partial charge in [-0.25, -0.2) is 9.78 Å².